The van der Waals surface area contributed by atoms with E-state index in [1.54, 1.807) is 0 Å². The molecule has 1 aliphatic rings. The Morgan fingerprint density at radius 2 is 1.18 bits per heavy atom. The second kappa shape index (κ2) is 15.7. The van der Waals surface area contributed by atoms with Crippen LogP contribution in [0.5, 0.6) is 0 Å². The maximum Gasteiger partial charge on any atom is 0.0973 e. The molecule has 1 saturated heterocycles. The molecule has 3 aromatic rings. The van der Waals surface area contributed by atoms with Crippen LogP contribution >= 0.6 is 0 Å². The predicted octanol–water partition coefficient (Wildman–Crippen LogP) is 8.73. The second-order valence-electron chi connectivity index (χ2n) is 10.9. The largest absolute Gasteiger partial charge is 0.311 e. The molecule has 4 rings (SSSR count). The van der Waals surface area contributed by atoms with Crippen molar-refractivity contribution in [3.63, 3.8) is 0 Å². The summed E-state index contributed by atoms with van der Waals surface area (Å²) in [5.74, 6) is 0. The van der Waals surface area contributed by atoms with Gasteiger partial charge in [0.25, 0.3) is 0 Å². The van der Waals surface area contributed by atoms with Crippen LogP contribution in [0.2, 0.25) is 0 Å². The van der Waals surface area contributed by atoms with Gasteiger partial charge in [-0.2, -0.15) is 0 Å². The van der Waals surface area contributed by atoms with Gasteiger partial charge in [0.2, 0.25) is 0 Å². The highest BCUT2D eigenvalue weighted by molar-refractivity contribution is 5.49. The molecule has 0 saturated carbocycles. The summed E-state index contributed by atoms with van der Waals surface area (Å²) in [6.07, 6.45) is 17.9. The number of hydrogen-bond acceptors (Lipinski definition) is 2. The SMILES string of the molecule is CCCC/C=C\CCCCCCCC1CN(C(c2ccccc2)(c2ccccc2)c2ccccc2)CCN1. The van der Waals surface area contributed by atoms with E-state index in [1.165, 1.54) is 80.9 Å². The number of allylic oxidation sites excluding steroid dienone is 2. The van der Waals surface area contributed by atoms with Crippen molar-refractivity contribution in [3.05, 3.63) is 120 Å². The summed E-state index contributed by atoms with van der Waals surface area (Å²) in [5.41, 5.74) is 3.75. The van der Waals surface area contributed by atoms with Crippen LogP contribution in [0, 0.1) is 0 Å². The van der Waals surface area contributed by atoms with Gasteiger partial charge in [-0.15, -0.1) is 0 Å². The van der Waals surface area contributed by atoms with Crippen molar-refractivity contribution >= 4 is 0 Å². The molecule has 1 unspecified atom stereocenters. The van der Waals surface area contributed by atoms with E-state index in [9.17, 15) is 0 Å². The highest BCUT2D eigenvalue weighted by Crippen LogP contribution is 2.43. The number of rotatable bonds is 15. The van der Waals surface area contributed by atoms with Gasteiger partial charge in [0.05, 0.1) is 5.54 Å². The van der Waals surface area contributed by atoms with Crippen LogP contribution < -0.4 is 5.32 Å². The average molecular weight is 509 g/mol. The Morgan fingerprint density at radius 3 is 1.74 bits per heavy atom. The zero-order valence-electron chi connectivity index (χ0n) is 23.5. The molecule has 0 radical (unpaired) electrons. The van der Waals surface area contributed by atoms with E-state index in [0.717, 1.165) is 19.6 Å². The van der Waals surface area contributed by atoms with Gasteiger partial charge in [-0.25, -0.2) is 0 Å². The van der Waals surface area contributed by atoms with Gasteiger partial charge < -0.3 is 5.32 Å². The van der Waals surface area contributed by atoms with Crippen LogP contribution in [0.1, 0.15) is 87.8 Å². The van der Waals surface area contributed by atoms with Crippen LogP contribution in [0.25, 0.3) is 0 Å². The number of unbranched alkanes of at least 4 members (excludes halogenated alkanes) is 7. The molecule has 1 aliphatic heterocycles. The van der Waals surface area contributed by atoms with Crippen molar-refractivity contribution in [1.82, 2.24) is 10.2 Å². The summed E-state index contributed by atoms with van der Waals surface area (Å²) >= 11 is 0. The van der Waals surface area contributed by atoms with Crippen molar-refractivity contribution in [2.75, 3.05) is 19.6 Å². The molecular weight excluding hydrogens is 460 g/mol. The number of piperazine rings is 1. The smallest absolute Gasteiger partial charge is 0.0973 e. The minimum Gasteiger partial charge on any atom is -0.311 e. The van der Waals surface area contributed by atoms with E-state index in [-0.39, 0.29) is 5.54 Å². The Labute approximate surface area is 232 Å². The summed E-state index contributed by atoms with van der Waals surface area (Å²) in [5, 5.41) is 3.86. The molecular formula is C36H48N2. The lowest BCUT2D eigenvalue weighted by molar-refractivity contribution is 0.107. The summed E-state index contributed by atoms with van der Waals surface area (Å²) in [6, 6.07) is 34.0. The van der Waals surface area contributed by atoms with Gasteiger partial charge in [0.15, 0.2) is 0 Å². The Bertz CT molecular complexity index is 948. The third-order valence-corrected chi connectivity index (χ3v) is 8.12. The quantitative estimate of drug-likeness (QED) is 0.125. The van der Waals surface area contributed by atoms with E-state index in [2.05, 4.69) is 120 Å². The maximum atomic E-state index is 3.86. The molecule has 1 heterocycles. The van der Waals surface area contributed by atoms with E-state index < -0.39 is 0 Å². The molecule has 1 N–H and O–H groups in total. The van der Waals surface area contributed by atoms with Crippen molar-refractivity contribution in [2.45, 2.75) is 82.7 Å². The van der Waals surface area contributed by atoms with Crippen LogP contribution in [0.3, 0.4) is 0 Å². The first kappa shape index (κ1) is 28.3. The molecule has 0 aromatic heterocycles. The summed E-state index contributed by atoms with van der Waals surface area (Å²) in [7, 11) is 0. The van der Waals surface area contributed by atoms with Crippen molar-refractivity contribution in [2.24, 2.45) is 0 Å². The lowest BCUT2D eigenvalue weighted by Gasteiger charge is -2.49. The fourth-order valence-electron chi connectivity index (χ4n) is 6.15. The molecule has 0 spiro atoms. The first-order chi connectivity index (χ1) is 18.9. The highest BCUT2D eigenvalue weighted by Gasteiger charge is 2.43. The molecule has 38 heavy (non-hydrogen) atoms. The summed E-state index contributed by atoms with van der Waals surface area (Å²) < 4.78 is 0. The third kappa shape index (κ3) is 7.46. The van der Waals surface area contributed by atoms with E-state index in [4.69, 9.17) is 0 Å². The van der Waals surface area contributed by atoms with Crippen LogP contribution in [0.15, 0.2) is 103 Å². The molecule has 2 heteroatoms. The van der Waals surface area contributed by atoms with Gasteiger partial charge in [-0.1, -0.05) is 149 Å². The first-order valence-corrected chi connectivity index (χ1v) is 15.2. The Kier molecular flexibility index (Phi) is 11.7. The first-order valence-electron chi connectivity index (χ1n) is 15.2. The fraction of sp³-hybridized carbons (Fsp3) is 0.444. The molecule has 1 atom stereocenters. The topological polar surface area (TPSA) is 15.3 Å². The molecule has 0 bridgehead atoms. The molecule has 1 fully saturated rings. The van der Waals surface area contributed by atoms with Crippen molar-refractivity contribution in [1.29, 1.82) is 0 Å². The standard InChI is InChI=1S/C36H48N2/c1-2-3-4-5-6-7-8-9-10-11-21-28-35-31-38(30-29-37-35)36(32-22-15-12-16-23-32,33-24-17-13-18-25-33)34-26-19-14-20-27-34/h5-6,12-20,22-27,35,37H,2-4,7-11,21,28-31H2,1H3/b6-5-. The van der Waals surface area contributed by atoms with Gasteiger partial charge >= 0.3 is 0 Å². The van der Waals surface area contributed by atoms with E-state index in [1.807, 2.05) is 0 Å². The van der Waals surface area contributed by atoms with Gasteiger partial charge in [-0.3, -0.25) is 4.90 Å². The fourth-order valence-corrected chi connectivity index (χ4v) is 6.15. The van der Waals surface area contributed by atoms with Crippen LogP contribution in [-0.4, -0.2) is 30.6 Å². The Balaban J connectivity index is 1.42. The Hall–Kier alpha value is -2.68. The highest BCUT2D eigenvalue weighted by atomic mass is 15.3. The van der Waals surface area contributed by atoms with Crippen LogP contribution in [-0.2, 0) is 5.54 Å². The maximum absolute atomic E-state index is 3.86. The van der Waals surface area contributed by atoms with E-state index in [0.29, 0.717) is 6.04 Å². The minimum absolute atomic E-state index is 0.297. The lowest BCUT2D eigenvalue weighted by atomic mass is 9.75. The predicted molar refractivity (Wildman–Crippen MR) is 164 cm³/mol. The molecule has 202 valence electrons. The molecule has 3 aromatic carbocycles. The second-order valence-corrected chi connectivity index (χ2v) is 10.9. The number of hydrogen-bond donors (Lipinski definition) is 1. The van der Waals surface area contributed by atoms with Gasteiger partial charge in [0, 0.05) is 25.7 Å². The summed E-state index contributed by atoms with van der Waals surface area (Å²) in [4.78, 5) is 2.75. The van der Waals surface area contributed by atoms with E-state index >= 15 is 0 Å². The van der Waals surface area contributed by atoms with Gasteiger partial charge in [-0.05, 0) is 42.4 Å². The van der Waals surface area contributed by atoms with Gasteiger partial charge in [0.1, 0.15) is 0 Å². The molecule has 0 amide bonds. The average Bonchev–Trinajstić information content (AvgIpc) is 2.98. The minimum atomic E-state index is -0.297. The zero-order valence-corrected chi connectivity index (χ0v) is 23.5. The Morgan fingerprint density at radius 1 is 0.684 bits per heavy atom. The van der Waals surface area contributed by atoms with Crippen molar-refractivity contribution < 1.29 is 0 Å². The molecule has 0 aliphatic carbocycles. The number of benzene rings is 3. The zero-order chi connectivity index (χ0) is 26.3. The monoisotopic (exact) mass is 508 g/mol. The molecule has 2 nitrogen and oxygen atoms in total. The number of nitrogens with one attached hydrogen (secondary N) is 1. The van der Waals surface area contributed by atoms with Crippen LogP contribution in [0.4, 0.5) is 0 Å². The normalized spacial score (nSPS) is 16.7. The lowest BCUT2D eigenvalue weighted by Crippen LogP contribution is -2.59. The summed E-state index contributed by atoms with van der Waals surface area (Å²) in [6.45, 7) is 5.38. The van der Waals surface area contributed by atoms with Crippen molar-refractivity contribution in [3.8, 4) is 0 Å². The third-order valence-electron chi connectivity index (χ3n) is 8.12. The number of nitrogens with zero attached hydrogens (tertiary/aromatic N) is 1.